The molecule has 5 heteroatoms. The third-order valence-electron chi connectivity index (χ3n) is 4.38. The Bertz CT molecular complexity index is 539. The number of methoxy groups -OCH3 is 1. The Morgan fingerprint density at radius 1 is 1.22 bits per heavy atom. The van der Waals surface area contributed by atoms with Gasteiger partial charge in [0.25, 0.3) is 0 Å². The quantitative estimate of drug-likeness (QED) is 0.847. The van der Waals surface area contributed by atoms with Crippen LogP contribution in [0.4, 0.5) is 0 Å². The molecule has 1 fully saturated rings. The van der Waals surface area contributed by atoms with Crippen molar-refractivity contribution in [2.45, 2.75) is 45.1 Å². The maximum atomic E-state index is 12.0. The van der Waals surface area contributed by atoms with Gasteiger partial charge in [0.05, 0.1) is 19.7 Å². The summed E-state index contributed by atoms with van der Waals surface area (Å²) in [6.07, 6.45) is 5.29. The highest BCUT2D eigenvalue weighted by atomic mass is 16.5. The Balaban J connectivity index is 1.81. The van der Waals surface area contributed by atoms with E-state index in [0.29, 0.717) is 0 Å². The molecule has 1 aliphatic rings. The van der Waals surface area contributed by atoms with E-state index in [1.165, 1.54) is 6.42 Å². The van der Waals surface area contributed by atoms with Crippen LogP contribution < -0.4 is 15.4 Å². The fourth-order valence-electron chi connectivity index (χ4n) is 3.07. The molecule has 0 aliphatic heterocycles. The number of carbonyl (C=O) groups is 2. The molecule has 1 aromatic rings. The fourth-order valence-corrected chi connectivity index (χ4v) is 3.07. The number of amides is 2. The van der Waals surface area contributed by atoms with Gasteiger partial charge in [-0.15, -0.1) is 0 Å². The van der Waals surface area contributed by atoms with Crippen LogP contribution in [-0.4, -0.2) is 25.5 Å². The van der Waals surface area contributed by atoms with Gasteiger partial charge in [0, 0.05) is 11.5 Å². The Kier molecular flexibility index (Phi) is 6.44. The first-order valence-corrected chi connectivity index (χ1v) is 8.31. The SMILES string of the molecule is COc1ccccc1[C@H](C)NC(=O)CNC(=O)C1CCCCC1. The second-order valence-electron chi connectivity index (χ2n) is 6.08. The number of hydrogen-bond donors (Lipinski definition) is 2. The van der Waals surface area contributed by atoms with Crippen molar-refractivity contribution in [1.82, 2.24) is 10.6 Å². The van der Waals surface area contributed by atoms with Gasteiger partial charge in [-0.1, -0.05) is 37.5 Å². The summed E-state index contributed by atoms with van der Waals surface area (Å²) in [6.45, 7) is 1.92. The number of benzene rings is 1. The molecule has 0 aromatic heterocycles. The minimum atomic E-state index is -0.187. The highest BCUT2D eigenvalue weighted by molar-refractivity contribution is 5.86. The molecule has 0 bridgehead atoms. The molecule has 0 saturated heterocycles. The molecule has 0 spiro atoms. The predicted molar refractivity (Wildman–Crippen MR) is 89.1 cm³/mol. The van der Waals surface area contributed by atoms with Crippen molar-refractivity contribution in [3.8, 4) is 5.75 Å². The Morgan fingerprint density at radius 2 is 1.91 bits per heavy atom. The minimum Gasteiger partial charge on any atom is -0.496 e. The van der Waals surface area contributed by atoms with Gasteiger partial charge in [-0.25, -0.2) is 0 Å². The van der Waals surface area contributed by atoms with Gasteiger partial charge in [-0.3, -0.25) is 9.59 Å². The lowest BCUT2D eigenvalue weighted by molar-refractivity contribution is -0.129. The van der Waals surface area contributed by atoms with E-state index in [0.717, 1.165) is 37.0 Å². The van der Waals surface area contributed by atoms with Gasteiger partial charge in [0.1, 0.15) is 5.75 Å². The maximum absolute atomic E-state index is 12.0. The van der Waals surface area contributed by atoms with Crippen molar-refractivity contribution >= 4 is 11.8 Å². The van der Waals surface area contributed by atoms with Crippen molar-refractivity contribution in [1.29, 1.82) is 0 Å². The van der Waals surface area contributed by atoms with Gasteiger partial charge in [-0.05, 0) is 25.8 Å². The number of rotatable bonds is 6. The molecule has 5 nitrogen and oxygen atoms in total. The maximum Gasteiger partial charge on any atom is 0.239 e. The van der Waals surface area contributed by atoms with E-state index in [9.17, 15) is 9.59 Å². The molecule has 23 heavy (non-hydrogen) atoms. The van der Waals surface area contributed by atoms with Crippen LogP contribution >= 0.6 is 0 Å². The molecule has 1 aliphatic carbocycles. The van der Waals surface area contributed by atoms with Crippen molar-refractivity contribution in [2.75, 3.05) is 13.7 Å². The Morgan fingerprint density at radius 3 is 2.61 bits per heavy atom. The third kappa shape index (κ3) is 4.98. The lowest BCUT2D eigenvalue weighted by atomic mass is 9.89. The van der Waals surface area contributed by atoms with E-state index < -0.39 is 0 Å². The lowest BCUT2D eigenvalue weighted by Gasteiger charge is -2.21. The molecule has 0 heterocycles. The van der Waals surface area contributed by atoms with Gasteiger partial charge >= 0.3 is 0 Å². The fraction of sp³-hybridized carbons (Fsp3) is 0.556. The second kappa shape index (κ2) is 8.56. The first-order valence-electron chi connectivity index (χ1n) is 8.31. The number of ether oxygens (including phenoxy) is 1. The molecule has 2 N–H and O–H groups in total. The van der Waals surface area contributed by atoms with Gasteiger partial charge in [0.15, 0.2) is 0 Å². The molecular weight excluding hydrogens is 292 g/mol. The summed E-state index contributed by atoms with van der Waals surface area (Å²) in [5.74, 6) is 0.632. The average Bonchev–Trinajstić information content (AvgIpc) is 2.60. The van der Waals surface area contributed by atoms with Crippen molar-refractivity contribution in [3.63, 3.8) is 0 Å². The van der Waals surface area contributed by atoms with Gasteiger partial charge < -0.3 is 15.4 Å². The van der Waals surface area contributed by atoms with Crippen LogP contribution in [0.25, 0.3) is 0 Å². The Hall–Kier alpha value is -2.04. The zero-order valence-electron chi connectivity index (χ0n) is 13.9. The molecular formula is C18H26N2O3. The monoisotopic (exact) mass is 318 g/mol. The van der Waals surface area contributed by atoms with E-state index in [4.69, 9.17) is 4.74 Å². The minimum absolute atomic E-state index is 0.00444. The number of para-hydroxylation sites is 1. The van der Waals surface area contributed by atoms with E-state index in [1.54, 1.807) is 7.11 Å². The smallest absolute Gasteiger partial charge is 0.239 e. The standard InChI is InChI=1S/C18H26N2O3/c1-13(15-10-6-7-11-16(15)23-2)20-17(21)12-19-18(22)14-8-4-3-5-9-14/h6-7,10-11,13-14H,3-5,8-9,12H2,1-2H3,(H,19,22)(H,20,21)/t13-/m0/s1. The molecule has 1 atom stereocenters. The van der Waals surface area contributed by atoms with Crippen molar-refractivity contribution in [3.05, 3.63) is 29.8 Å². The Labute approximate surface area is 137 Å². The van der Waals surface area contributed by atoms with Gasteiger partial charge in [0.2, 0.25) is 11.8 Å². The molecule has 126 valence electrons. The zero-order chi connectivity index (χ0) is 16.7. The third-order valence-corrected chi connectivity index (χ3v) is 4.38. The van der Waals surface area contributed by atoms with Crippen LogP contribution in [0.1, 0.15) is 50.6 Å². The number of hydrogen-bond acceptors (Lipinski definition) is 3. The summed E-state index contributed by atoms with van der Waals surface area (Å²) in [5, 5.41) is 5.65. The summed E-state index contributed by atoms with van der Waals surface area (Å²) in [7, 11) is 1.61. The summed E-state index contributed by atoms with van der Waals surface area (Å²) >= 11 is 0. The lowest BCUT2D eigenvalue weighted by Crippen LogP contribution is -2.40. The van der Waals surface area contributed by atoms with Crippen LogP contribution in [0.5, 0.6) is 5.75 Å². The van der Waals surface area contributed by atoms with Crippen LogP contribution in [0.3, 0.4) is 0 Å². The summed E-state index contributed by atoms with van der Waals surface area (Å²) in [5.41, 5.74) is 0.918. The summed E-state index contributed by atoms with van der Waals surface area (Å²) < 4.78 is 5.30. The normalized spacial score (nSPS) is 16.4. The topological polar surface area (TPSA) is 67.4 Å². The van der Waals surface area contributed by atoms with Crippen LogP contribution in [0.2, 0.25) is 0 Å². The molecule has 0 unspecified atom stereocenters. The molecule has 2 rings (SSSR count). The van der Waals surface area contributed by atoms with Crippen molar-refractivity contribution in [2.24, 2.45) is 5.92 Å². The van der Waals surface area contributed by atoms with Crippen LogP contribution in [0.15, 0.2) is 24.3 Å². The van der Waals surface area contributed by atoms with Gasteiger partial charge in [-0.2, -0.15) is 0 Å². The predicted octanol–water partition coefficient (Wildman–Crippen LogP) is 2.57. The average molecular weight is 318 g/mol. The van der Waals surface area contributed by atoms with Crippen LogP contribution in [0, 0.1) is 5.92 Å². The second-order valence-corrected chi connectivity index (χ2v) is 6.08. The summed E-state index contributed by atoms with van der Waals surface area (Å²) in [6, 6.07) is 7.41. The van der Waals surface area contributed by atoms with E-state index >= 15 is 0 Å². The van der Waals surface area contributed by atoms with E-state index in [1.807, 2.05) is 31.2 Å². The largest absolute Gasteiger partial charge is 0.496 e. The first kappa shape index (κ1) is 17.3. The number of carbonyl (C=O) groups excluding carboxylic acids is 2. The molecule has 1 saturated carbocycles. The van der Waals surface area contributed by atoms with E-state index in [-0.39, 0.29) is 30.3 Å². The first-order chi connectivity index (χ1) is 11.1. The zero-order valence-corrected chi connectivity index (χ0v) is 13.9. The molecule has 2 amide bonds. The molecule has 1 aromatic carbocycles. The summed E-state index contributed by atoms with van der Waals surface area (Å²) in [4.78, 5) is 24.1. The molecule has 0 radical (unpaired) electrons. The van der Waals surface area contributed by atoms with Crippen LogP contribution in [-0.2, 0) is 9.59 Å². The van der Waals surface area contributed by atoms with E-state index in [2.05, 4.69) is 10.6 Å². The van der Waals surface area contributed by atoms with Crippen molar-refractivity contribution < 1.29 is 14.3 Å². The highest BCUT2D eigenvalue weighted by Crippen LogP contribution is 2.24. The highest BCUT2D eigenvalue weighted by Gasteiger charge is 2.21. The number of nitrogens with one attached hydrogen (secondary N) is 2.